The molecule has 2 aromatic rings. The van der Waals surface area contributed by atoms with Crippen molar-refractivity contribution in [1.82, 2.24) is 19.8 Å². The molecule has 1 saturated heterocycles. The summed E-state index contributed by atoms with van der Waals surface area (Å²) >= 11 is 0. The van der Waals surface area contributed by atoms with Crippen molar-refractivity contribution in [3.8, 4) is 0 Å². The van der Waals surface area contributed by atoms with Gasteiger partial charge in [0, 0.05) is 45.9 Å². The Balaban J connectivity index is 0.00000216. The van der Waals surface area contributed by atoms with Crippen molar-refractivity contribution in [3.05, 3.63) is 30.1 Å². The van der Waals surface area contributed by atoms with Gasteiger partial charge in [0.25, 0.3) is 5.91 Å². The molecule has 0 bridgehead atoms. The highest BCUT2D eigenvalue weighted by Crippen LogP contribution is 2.38. The van der Waals surface area contributed by atoms with Gasteiger partial charge in [-0.25, -0.2) is 4.98 Å². The molecule has 3 atom stereocenters. The summed E-state index contributed by atoms with van der Waals surface area (Å²) in [6, 6.07) is 8.07. The van der Waals surface area contributed by atoms with Crippen LogP contribution >= 0.6 is 24.8 Å². The third-order valence-corrected chi connectivity index (χ3v) is 7.04. The number of aromatic nitrogens is 2. The molecule has 1 unspecified atom stereocenters. The van der Waals surface area contributed by atoms with Crippen LogP contribution in [0.2, 0.25) is 0 Å². The van der Waals surface area contributed by atoms with E-state index in [1.165, 1.54) is 0 Å². The average molecular weight is 530 g/mol. The number of imidazole rings is 1. The Morgan fingerprint density at radius 3 is 2.63 bits per heavy atom. The number of unbranched alkanes of at least 4 members (excludes halogenated alkanes) is 1. The van der Waals surface area contributed by atoms with Gasteiger partial charge in [0.05, 0.1) is 17.1 Å². The first-order valence-corrected chi connectivity index (χ1v) is 12.6. The molecule has 1 aliphatic carbocycles. The van der Waals surface area contributed by atoms with Crippen LogP contribution < -0.4 is 5.32 Å². The number of aliphatic hydroxyl groups excluding tert-OH is 1. The normalized spacial score (nSPS) is 20.8. The Kier molecular flexibility index (Phi) is 11.8. The van der Waals surface area contributed by atoms with Crippen molar-refractivity contribution in [1.29, 1.82) is 0 Å². The maximum absolute atomic E-state index is 14.0. The van der Waals surface area contributed by atoms with Crippen LogP contribution in [0.4, 0.5) is 0 Å². The number of piperidine rings is 1. The summed E-state index contributed by atoms with van der Waals surface area (Å²) in [6.45, 7) is 8.04. The van der Waals surface area contributed by atoms with Crippen LogP contribution in [0.25, 0.3) is 11.0 Å². The number of methoxy groups -OCH3 is 1. The van der Waals surface area contributed by atoms with Gasteiger partial charge >= 0.3 is 0 Å². The lowest BCUT2D eigenvalue weighted by Gasteiger charge is -2.40. The summed E-state index contributed by atoms with van der Waals surface area (Å²) in [5.41, 5.74) is 1.87. The molecule has 2 N–H and O–H groups in total. The zero-order valence-corrected chi connectivity index (χ0v) is 22.8. The van der Waals surface area contributed by atoms with Crippen molar-refractivity contribution in [2.75, 3.05) is 33.4 Å². The van der Waals surface area contributed by atoms with Crippen molar-refractivity contribution in [3.63, 3.8) is 0 Å². The number of halogens is 2. The second-order valence-corrected chi connectivity index (χ2v) is 10.3. The average Bonchev–Trinajstić information content (AvgIpc) is 3.61. The molecule has 2 heterocycles. The number of rotatable bonds is 11. The van der Waals surface area contributed by atoms with E-state index in [2.05, 4.69) is 23.7 Å². The van der Waals surface area contributed by atoms with Crippen LogP contribution in [0.3, 0.4) is 0 Å². The van der Waals surface area contributed by atoms with E-state index in [1.54, 1.807) is 7.11 Å². The maximum atomic E-state index is 14.0. The number of carbonyl (C=O) groups excluding carboxylic acids is 1. The van der Waals surface area contributed by atoms with Crippen LogP contribution in [0, 0.1) is 17.8 Å². The molecule has 7 nitrogen and oxygen atoms in total. The second kappa shape index (κ2) is 13.8. The molecule has 198 valence electrons. The number of amides is 1. The molecule has 1 aliphatic heterocycles. The van der Waals surface area contributed by atoms with E-state index in [1.807, 2.05) is 29.2 Å². The van der Waals surface area contributed by atoms with E-state index < -0.39 is 0 Å². The summed E-state index contributed by atoms with van der Waals surface area (Å²) < 4.78 is 7.30. The number of hydrogen-bond donors (Lipinski definition) is 2. The number of hydrogen-bond acceptors (Lipinski definition) is 5. The highest BCUT2D eigenvalue weighted by atomic mass is 35.5. The number of aliphatic hydroxyl groups is 1. The van der Waals surface area contributed by atoms with E-state index in [-0.39, 0.29) is 48.8 Å². The number of carbonyl (C=O) groups is 1. The first kappa shape index (κ1) is 29.8. The lowest BCUT2D eigenvalue weighted by atomic mass is 9.87. The monoisotopic (exact) mass is 528 g/mol. The molecule has 35 heavy (non-hydrogen) atoms. The van der Waals surface area contributed by atoms with E-state index in [0.29, 0.717) is 30.8 Å². The fourth-order valence-electron chi connectivity index (χ4n) is 5.17. The number of ether oxygens (including phenoxy) is 1. The number of benzene rings is 1. The summed E-state index contributed by atoms with van der Waals surface area (Å²) in [7, 11) is 1.72. The number of para-hydroxylation sites is 2. The first-order valence-electron chi connectivity index (χ1n) is 12.6. The van der Waals surface area contributed by atoms with Gasteiger partial charge in [-0.1, -0.05) is 26.0 Å². The van der Waals surface area contributed by atoms with Crippen LogP contribution in [-0.2, 0) is 11.3 Å². The summed E-state index contributed by atoms with van der Waals surface area (Å²) in [5, 5.41) is 14.3. The lowest BCUT2D eigenvalue weighted by Crippen LogP contribution is -2.54. The van der Waals surface area contributed by atoms with Crippen LogP contribution in [-0.4, -0.2) is 71.0 Å². The molecular weight excluding hydrogens is 487 g/mol. The first-order chi connectivity index (χ1) is 16.0. The van der Waals surface area contributed by atoms with Crippen LogP contribution in [0.5, 0.6) is 0 Å². The summed E-state index contributed by atoms with van der Waals surface area (Å²) in [6.07, 6.45) is 4.71. The Bertz CT molecular complexity index is 934. The molecule has 0 spiro atoms. The SMILES string of the molecule is COCCCCn1c(C(=O)N(CC(C)C)[C@@H]2CNC[C@H](C(O)C3CC3)C2)nc2ccccc21.Cl.Cl. The molecule has 2 aliphatic rings. The van der Waals surface area contributed by atoms with Gasteiger partial charge < -0.3 is 24.6 Å². The zero-order chi connectivity index (χ0) is 23.4. The molecule has 1 aromatic heterocycles. The molecule has 1 aromatic carbocycles. The van der Waals surface area contributed by atoms with E-state index in [9.17, 15) is 9.90 Å². The van der Waals surface area contributed by atoms with Gasteiger partial charge in [0.15, 0.2) is 5.82 Å². The minimum atomic E-state index is -0.262. The lowest BCUT2D eigenvalue weighted by molar-refractivity contribution is 0.0324. The predicted molar refractivity (Wildman–Crippen MR) is 145 cm³/mol. The summed E-state index contributed by atoms with van der Waals surface area (Å²) in [4.78, 5) is 20.8. The Morgan fingerprint density at radius 2 is 1.94 bits per heavy atom. The summed E-state index contributed by atoms with van der Waals surface area (Å²) in [5.74, 6) is 1.52. The topological polar surface area (TPSA) is 79.6 Å². The highest BCUT2D eigenvalue weighted by Gasteiger charge is 2.40. The molecular formula is C26H42Cl2N4O3. The standard InChI is InChI=1S/C26H40N4O3.2ClH/c1-18(2)17-30(21-14-20(15-27-16-21)24(31)19-10-11-19)26(32)25-28-22-8-4-5-9-23(22)29(25)12-6-7-13-33-3;;/h4-5,8-9,18-21,24,27,31H,6-7,10-17H2,1-3H3;2*1H/t20-,21+,24?;;/m1../s1. The van der Waals surface area contributed by atoms with Gasteiger partial charge in [-0.3, -0.25) is 4.79 Å². The number of aryl methyl sites for hydroxylation is 1. The van der Waals surface area contributed by atoms with Crippen LogP contribution in [0.1, 0.15) is 56.6 Å². The smallest absolute Gasteiger partial charge is 0.290 e. The maximum Gasteiger partial charge on any atom is 0.290 e. The van der Waals surface area contributed by atoms with Gasteiger partial charge in [-0.05, 0) is 62.0 Å². The van der Waals surface area contributed by atoms with Crippen molar-refractivity contribution >= 4 is 41.8 Å². The minimum absolute atomic E-state index is 0. The third kappa shape index (κ3) is 7.32. The van der Waals surface area contributed by atoms with Crippen molar-refractivity contribution < 1.29 is 14.6 Å². The molecule has 2 fully saturated rings. The minimum Gasteiger partial charge on any atom is -0.393 e. The van der Waals surface area contributed by atoms with E-state index in [0.717, 1.165) is 62.8 Å². The van der Waals surface area contributed by atoms with Crippen molar-refractivity contribution in [2.24, 2.45) is 17.8 Å². The molecule has 1 amide bonds. The third-order valence-electron chi connectivity index (χ3n) is 7.04. The predicted octanol–water partition coefficient (Wildman–Crippen LogP) is 4.15. The number of nitrogens with zero attached hydrogens (tertiary/aromatic N) is 3. The fraction of sp³-hybridized carbons (Fsp3) is 0.692. The molecule has 4 rings (SSSR count). The second-order valence-electron chi connectivity index (χ2n) is 10.3. The Labute approximate surface area is 221 Å². The highest BCUT2D eigenvalue weighted by molar-refractivity contribution is 5.95. The van der Waals surface area contributed by atoms with Crippen LogP contribution in [0.15, 0.2) is 24.3 Å². The van der Waals surface area contributed by atoms with E-state index in [4.69, 9.17) is 9.72 Å². The van der Waals surface area contributed by atoms with Gasteiger partial charge in [0.1, 0.15) is 0 Å². The molecule has 9 heteroatoms. The van der Waals surface area contributed by atoms with Gasteiger partial charge in [-0.15, -0.1) is 24.8 Å². The molecule has 1 saturated carbocycles. The van der Waals surface area contributed by atoms with Gasteiger partial charge in [-0.2, -0.15) is 0 Å². The van der Waals surface area contributed by atoms with Gasteiger partial charge in [0.2, 0.25) is 0 Å². The Morgan fingerprint density at radius 1 is 1.20 bits per heavy atom. The Hall–Kier alpha value is -1.38. The number of nitrogens with one attached hydrogen (secondary N) is 1. The largest absolute Gasteiger partial charge is 0.393 e. The number of fused-ring (bicyclic) bond motifs is 1. The molecule has 0 radical (unpaired) electrons. The van der Waals surface area contributed by atoms with Crippen molar-refractivity contribution in [2.45, 2.75) is 64.6 Å². The quantitative estimate of drug-likeness (QED) is 0.428. The zero-order valence-electron chi connectivity index (χ0n) is 21.2. The van der Waals surface area contributed by atoms with E-state index >= 15 is 0 Å². The fourth-order valence-corrected chi connectivity index (χ4v) is 5.17.